The van der Waals surface area contributed by atoms with Gasteiger partial charge in [0.15, 0.2) is 0 Å². The van der Waals surface area contributed by atoms with Crippen LogP contribution in [0.2, 0.25) is 0 Å². The molecule has 3 atom stereocenters. The van der Waals surface area contributed by atoms with Crippen LogP contribution in [0.1, 0.15) is 18.5 Å². The Kier molecular flexibility index (Phi) is 1.62. The lowest BCUT2D eigenvalue weighted by molar-refractivity contribution is 0.215. The van der Waals surface area contributed by atoms with E-state index in [9.17, 15) is 9.59 Å². The van der Waals surface area contributed by atoms with Gasteiger partial charge in [-0.1, -0.05) is 12.2 Å². The molecular weight excluding hydrogens is 206 g/mol. The van der Waals surface area contributed by atoms with Gasteiger partial charge in [0.1, 0.15) is 0 Å². The van der Waals surface area contributed by atoms with Crippen molar-refractivity contribution in [1.29, 1.82) is 0 Å². The van der Waals surface area contributed by atoms with Crippen LogP contribution >= 0.6 is 0 Å². The monoisotopic (exact) mass is 217 g/mol. The Morgan fingerprint density at radius 3 is 2.69 bits per heavy atom. The molecule has 5 nitrogen and oxygen atoms in total. The van der Waals surface area contributed by atoms with E-state index in [2.05, 4.69) is 5.92 Å². The van der Waals surface area contributed by atoms with Crippen LogP contribution in [0.4, 0.5) is 0 Å². The fourth-order valence-corrected chi connectivity index (χ4v) is 2.60. The lowest BCUT2D eigenvalue weighted by Crippen LogP contribution is -2.43. The molecule has 3 aliphatic rings. The molecule has 5 heteroatoms. The zero-order valence-corrected chi connectivity index (χ0v) is 8.83. The summed E-state index contributed by atoms with van der Waals surface area (Å²) in [6, 6.07) is -0.246. The SMILES string of the molecule is C#C[C@@H]1C[C@H]2C=C[C@H]1n1c(=O)n(C)c(=O)n12. The maximum atomic E-state index is 11.9. The number of terminal acetylenes is 1. The minimum Gasteiger partial charge on any atom is -0.246 e. The van der Waals surface area contributed by atoms with Crippen LogP contribution in [0.5, 0.6) is 0 Å². The van der Waals surface area contributed by atoms with Crippen molar-refractivity contribution < 1.29 is 0 Å². The molecule has 1 aromatic heterocycles. The lowest BCUT2D eigenvalue weighted by atomic mass is 9.86. The second-order valence-electron chi connectivity index (χ2n) is 4.27. The van der Waals surface area contributed by atoms with Crippen LogP contribution < -0.4 is 11.4 Å². The minimum absolute atomic E-state index is 0.00880. The number of rotatable bonds is 0. The Morgan fingerprint density at radius 2 is 2.00 bits per heavy atom. The molecule has 3 heterocycles. The Labute approximate surface area is 91.6 Å². The molecule has 4 rings (SSSR count). The summed E-state index contributed by atoms with van der Waals surface area (Å²) in [5.41, 5.74) is -0.552. The summed E-state index contributed by atoms with van der Waals surface area (Å²) >= 11 is 0. The molecule has 2 aliphatic heterocycles. The first-order valence-corrected chi connectivity index (χ1v) is 5.19. The van der Waals surface area contributed by atoms with Crippen molar-refractivity contribution >= 4 is 0 Å². The van der Waals surface area contributed by atoms with Crippen molar-refractivity contribution in [3.8, 4) is 12.3 Å². The summed E-state index contributed by atoms with van der Waals surface area (Å²) in [7, 11) is 1.49. The van der Waals surface area contributed by atoms with Gasteiger partial charge < -0.3 is 0 Å². The molecule has 1 aliphatic carbocycles. The van der Waals surface area contributed by atoms with Crippen molar-refractivity contribution in [2.45, 2.75) is 18.5 Å². The molecule has 0 radical (unpaired) electrons. The van der Waals surface area contributed by atoms with E-state index < -0.39 is 0 Å². The van der Waals surface area contributed by atoms with Gasteiger partial charge in [-0.05, 0) is 6.42 Å². The Bertz CT molecular complexity index is 638. The van der Waals surface area contributed by atoms with E-state index >= 15 is 0 Å². The molecule has 16 heavy (non-hydrogen) atoms. The number of allylic oxidation sites excluding steroid dienone is 2. The second-order valence-corrected chi connectivity index (χ2v) is 4.27. The van der Waals surface area contributed by atoms with Crippen LogP contribution in [-0.4, -0.2) is 13.9 Å². The van der Waals surface area contributed by atoms with Gasteiger partial charge in [0.25, 0.3) is 0 Å². The highest BCUT2D eigenvalue weighted by atomic mass is 16.2. The summed E-state index contributed by atoms with van der Waals surface area (Å²) in [5, 5.41) is 0. The van der Waals surface area contributed by atoms with Gasteiger partial charge in [-0.2, -0.15) is 0 Å². The van der Waals surface area contributed by atoms with Crippen LogP contribution in [0, 0.1) is 18.3 Å². The summed E-state index contributed by atoms with van der Waals surface area (Å²) in [6.45, 7) is 0. The zero-order chi connectivity index (χ0) is 11.4. The van der Waals surface area contributed by atoms with E-state index in [1.165, 1.54) is 16.4 Å². The van der Waals surface area contributed by atoms with Crippen LogP contribution in [-0.2, 0) is 7.05 Å². The molecule has 0 aromatic carbocycles. The quantitative estimate of drug-likeness (QED) is 0.440. The highest BCUT2D eigenvalue weighted by molar-refractivity contribution is 5.17. The predicted molar refractivity (Wildman–Crippen MR) is 58.1 cm³/mol. The first-order valence-electron chi connectivity index (χ1n) is 5.19. The number of nitrogens with zero attached hydrogens (tertiary/aromatic N) is 3. The predicted octanol–water partition coefficient (Wildman–Crippen LogP) is -0.346. The van der Waals surface area contributed by atoms with Crippen molar-refractivity contribution in [2.75, 3.05) is 0 Å². The molecule has 2 bridgehead atoms. The third-order valence-electron chi connectivity index (χ3n) is 3.45. The van der Waals surface area contributed by atoms with Gasteiger partial charge in [0.05, 0.1) is 12.1 Å². The molecule has 0 spiro atoms. The first kappa shape index (κ1) is 9.28. The standard InChI is InChI=1S/C11H11N3O2/c1-3-7-6-8-4-5-9(7)14-11(16)12(2)10(15)13(8)14/h1,4-5,7-9H,6H2,2H3/t7-,8-,9-/m1/s1. The van der Waals surface area contributed by atoms with Crippen molar-refractivity contribution in [3.63, 3.8) is 0 Å². The average molecular weight is 217 g/mol. The highest BCUT2D eigenvalue weighted by Gasteiger charge is 2.38. The normalized spacial score (nSPS) is 30.1. The smallest absolute Gasteiger partial charge is 0.246 e. The van der Waals surface area contributed by atoms with Gasteiger partial charge in [-0.3, -0.25) is 0 Å². The Balaban J connectivity index is 2.36. The highest BCUT2D eigenvalue weighted by Crippen LogP contribution is 2.37. The molecule has 82 valence electrons. The third kappa shape index (κ3) is 0.871. The number of fused-ring (bicyclic) bond motifs is 1. The topological polar surface area (TPSA) is 48.9 Å². The fourth-order valence-electron chi connectivity index (χ4n) is 2.60. The summed E-state index contributed by atoms with van der Waals surface area (Å²) in [6.07, 6.45) is 10.1. The molecule has 0 amide bonds. The first-order chi connectivity index (χ1) is 7.65. The van der Waals surface area contributed by atoms with Gasteiger partial charge >= 0.3 is 11.4 Å². The fraction of sp³-hybridized carbons (Fsp3) is 0.455. The van der Waals surface area contributed by atoms with Crippen LogP contribution in [0.25, 0.3) is 0 Å². The molecule has 0 unspecified atom stereocenters. The number of hydrogen-bond donors (Lipinski definition) is 0. The van der Waals surface area contributed by atoms with E-state index in [-0.39, 0.29) is 29.4 Å². The summed E-state index contributed by atoms with van der Waals surface area (Å²) < 4.78 is 4.13. The average Bonchev–Trinajstić information content (AvgIpc) is 2.56. The van der Waals surface area contributed by atoms with Gasteiger partial charge in [-0.15, -0.1) is 12.3 Å². The molecular formula is C11H11N3O2. The molecule has 0 fully saturated rings. The largest absolute Gasteiger partial charge is 0.347 e. The van der Waals surface area contributed by atoms with Crippen LogP contribution in [0.15, 0.2) is 21.7 Å². The van der Waals surface area contributed by atoms with Gasteiger partial charge in [0, 0.05) is 13.0 Å². The van der Waals surface area contributed by atoms with E-state index in [0.29, 0.717) is 0 Å². The van der Waals surface area contributed by atoms with E-state index in [0.717, 1.165) is 11.0 Å². The summed E-state index contributed by atoms with van der Waals surface area (Å²) in [5.74, 6) is 2.71. The molecule has 0 saturated heterocycles. The van der Waals surface area contributed by atoms with Crippen molar-refractivity contribution in [2.24, 2.45) is 13.0 Å². The zero-order valence-electron chi connectivity index (χ0n) is 8.83. The Morgan fingerprint density at radius 1 is 1.31 bits per heavy atom. The van der Waals surface area contributed by atoms with E-state index in [4.69, 9.17) is 6.42 Å². The van der Waals surface area contributed by atoms with Gasteiger partial charge in [0.2, 0.25) is 0 Å². The Hall–Kier alpha value is -1.96. The van der Waals surface area contributed by atoms with Gasteiger partial charge in [-0.25, -0.2) is 23.5 Å². The third-order valence-corrected chi connectivity index (χ3v) is 3.45. The second kappa shape index (κ2) is 2.79. The number of aromatic nitrogens is 3. The maximum absolute atomic E-state index is 11.9. The number of hydrogen-bond acceptors (Lipinski definition) is 2. The van der Waals surface area contributed by atoms with Crippen molar-refractivity contribution in [1.82, 2.24) is 13.9 Å². The van der Waals surface area contributed by atoms with E-state index in [1.807, 2.05) is 12.2 Å². The van der Waals surface area contributed by atoms with Crippen molar-refractivity contribution in [3.05, 3.63) is 33.1 Å². The maximum Gasteiger partial charge on any atom is 0.347 e. The minimum atomic E-state index is -0.288. The molecule has 0 saturated carbocycles. The summed E-state index contributed by atoms with van der Waals surface area (Å²) in [4.78, 5) is 23.7. The molecule has 0 N–H and O–H groups in total. The van der Waals surface area contributed by atoms with Crippen LogP contribution in [0.3, 0.4) is 0 Å². The molecule has 1 aromatic rings. The van der Waals surface area contributed by atoms with E-state index in [1.54, 1.807) is 0 Å². The lowest BCUT2D eigenvalue weighted by Gasteiger charge is -2.37.